The van der Waals surface area contributed by atoms with E-state index < -0.39 is 5.97 Å². The van der Waals surface area contributed by atoms with Crippen LogP contribution in [0.3, 0.4) is 0 Å². The third kappa shape index (κ3) is 2.38. The molecule has 0 aliphatic heterocycles. The maximum Gasteiger partial charge on any atom is 0.303 e. The summed E-state index contributed by atoms with van der Waals surface area (Å²) in [5.41, 5.74) is 1.08. The molecule has 0 heterocycles. The average Bonchev–Trinajstić information content (AvgIpc) is 2.05. The molecule has 1 aromatic carbocycles. The molecule has 2 nitrogen and oxygen atoms in total. The first-order valence-electron chi connectivity index (χ1n) is 3.97. The van der Waals surface area contributed by atoms with E-state index >= 15 is 0 Å². The molecule has 2 heteroatoms. The van der Waals surface area contributed by atoms with Gasteiger partial charge >= 0.3 is 5.97 Å². The quantitative estimate of drug-likeness (QED) is 0.697. The van der Waals surface area contributed by atoms with Gasteiger partial charge in [-0.25, -0.2) is 0 Å². The second kappa shape index (κ2) is 3.90. The molecule has 0 bridgehead atoms. The van der Waals surface area contributed by atoms with Crippen LogP contribution in [-0.2, 0) is 4.79 Å². The zero-order chi connectivity index (χ0) is 8.97. The monoisotopic (exact) mass is 165 g/mol. The Morgan fingerprint density at radius 3 is 2.50 bits per heavy atom. The fraction of sp³-hybridized carbons (Fsp3) is 0.300. The van der Waals surface area contributed by atoms with E-state index in [-0.39, 0.29) is 12.3 Å². The lowest BCUT2D eigenvalue weighted by atomic mass is 10.2. The molecular formula is C10H12O2. The Hall–Kier alpha value is -1.31. The van der Waals surface area contributed by atoms with Gasteiger partial charge in [-0.15, -0.1) is 0 Å². The summed E-state index contributed by atoms with van der Waals surface area (Å²) >= 11 is 0. The van der Waals surface area contributed by atoms with Gasteiger partial charge in [-0.2, -0.15) is 0 Å². The molecule has 0 aliphatic carbocycles. The lowest BCUT2D eigenvalue weighted by Crippen LogP contribution is -2.02. The highest BCUT2D eigenvalue weighted by molar-refractivity contribution is 5.67. The minimum atomic E-state index is -0.744. The van der Waals surface area contributed by atoms with Gasteiger partial charge in [0.25, 0.3) is 0 Å². The van der Waals surface area contributed by atoms with Crippen LogP contribution < -0.4 is 0 Å². The molecule has 1 rings (SSSR count). The summed E-state index contributed by atoms with van der Waals surface area (Å²) in [5, 5.41) is 8.55. The topological polar surface area (TPSA) is 37.3 Å². The van der Waals surface area contributed by atoms with E-state index in [4.69, 9.17) is 5.11 Å². The molecule has 0 radical (unpaired) electrons. The predicted octanol–water partition coefficient (Wildman–Crippen LogP) is 2.26. The van der Waals surface area contributed by atoms with Gasteiger partial charge in [-0.1, -0.05) is 37.3 Å². The van der Waals surface area contributed by atoms with Crippen molar-refractivity contribution in [2.24, 2.45) is 0 Å². The maximum absolute atomic E-state index is 10.4. The van der Waals surface area contributed by atoms with Crippen molar-refractivity contribution in [2.75, 3.05) is 0 Å². The van der Waals surface area contributed by atoms with Gasteiger partial charge in [0.15, 0.2) is 0 Å². The van der Waals surface area contributed by atoms with Gasteiger partial charge in [-0.3, -0.25) is 4.79 Å². The van der Waals surface area contributed by atoms with E-state index in [9.17, 15) is 4.79 Å². The number of hydrogen-bond acceptors (Lipinski definition) is 1. The van der Waals surface area contributed by atoms with Gasteiger partial charge in [0, 0.05) is 0 Å². The second-order valence-corrected chi connectivity index (χ2v) is 2.91. The second-order valence-electron chi connectivity index (χ2n) is 2.91. The number of aliphatic carboxylic acids is 1. The summed E-state index contributed by atoms with van der Waals surface area (Å²) in [6.45, 7) is 1.92. The van der Waals surface area contributed by atoms with E-state index in [1.165, 1.54) is 0 Å². The van der Waals surface area contributed by atoms with E-state index in [1.54, 1.807) is 0 Å². The summed E-state index contributed by atoms with van der Waals surface area (Å²) in [5.74, 6) is -0.643. The predicted molar refractivity (Wildman–Crippen MR) is 47.1 cm³/mol. The van der Waals surface area contributed by atoms with Crippen LogP contribution in [-0.4, -0.2) is 11.1 Å². The molecule has 0 spiro atoms. The summed E-state index contributed by atoms with van der Waals surface area (Å²) < 4.78 is 0. The Morgan fingerprint density at radius 2 is 2.00 bits per heavy atom. The molecule has 0 saturated heterocycles. The Balaban J connectivity index is 2.65. The fourth-order valence-electron chi connectivity index (χ4n) is 1.16. The number of carboxylic acid groups (broad SMARTS) is 1. The Labute approximate surface area is 71.8 Å². The normalized spacial score (nSPS) is 12.4. The van der Waals surface area contributed by atoms with Crippen LogP contribution in [0.15, 0.2) is 30.3 Å². The van der Waals surface area contributed by atoms with E-state index in [0.29, 0.717) is 0 Å². The summed E-state index contributed by atoms with van der Waals surface area (Å²) in [4.78, 5) is 10.4. The highest BCUT2D eigenvalue weighted by Crippen LogP contribution is 2.17. The molecule has 64 valence electrons. The third-order valence-corrected chi connectivity index (χ3v) is 1.85. The lowest BCUT2D eigenvalue weighted by Gasteiger charge is -2.07. The van der Waals surface area contributed by atoms with E-state index in [2.05, 4.69) is 0 Å². The number of rotatable bonds is 3. The molecule has 1 N–H and O–H groups in total. The van der Waals surface area contributed by atoms with Crippen LogP contribution in [0.5, 0.6) is 0 Å². The lowest BCUT2D eigenvalue weighted by molar-refractivity contribution is -0.137. The van der Waals surface area contributed by atoms with Crippen molar-refractivity contribution in [1.29, 1.82) is 0 Å². The smallest absolute Gasteiger partial charge is 0.303 e. The first kappa shape index (κ1) is 8.78. The van der Waals surface area contributed by atoms with Crippen molar-refractivity contribution in [1.82, 2.24) is 0 Å². The molecule has 0 fully saturated rings. The number of benzene rings is 1. The van der Waals surface area contributed by atoms with Gasteiger partial charge in [0.1, 0.15) is 0 Å². The van der Waals surface area contributed by atoms with Crippen molar-refractivity contribution in [3.63, 3.8) is 0 Å². The Kier molecular flexibility index (Phi) is 2.86. The minimum Gasteiger partial charge on any atom is -0.481 e. The molecule has 0 aliphatic rings. The van der Waals surface area contributed by atoms with Crippen LogP contribution in [0.4, 0.5) is 0 Å². The Morgan fingerprint density at radius 1 is 1.42 bits per heavy atom. The van der Waals surface area contributed by atoms with Gasteiger partial charge in [-0.05, 0) is 11.5 Å². The van der Waals surface area contributed by atoms with Gasteiger partial charge in [0.05, 0.1) is 6.42 Å². The minimum absolute atomic E-state index is 0.101. The highest BCUT2D eigenvalue weighted by atomic mass is 16.4. The first-order valence-corrected chi connectivity index (χ1v) is 3.97. The molecule has 12 heavy (non-hydrogen) atoms. The van der Waals surface area contributed by atoms with Gasteiger partial charge in [0.2, 0.25) is 0 Å². The molecule has 0 aromatic heterocycles. The van der Waals surface area contributed by atoms with Crippen LogP contribution in [0, 0.1) is 0 Å². The molecule has 0 saturated carbocycles. The van der Waals surface area contributed by atoms with Crippen molar-refractivity contribution in [2.45, 2.75) is 19.3 Å². The molecular weight excluding hydrogens is 153 g/mol. The molecule has 0 amide bonds. The SMILES string of the molecule is C[13C@@H](CC(=O)O)c1ccccc1. The zero-order valence-electron chi connectivity index (χ0n) is 7.03. The summed E-state index contributed by atoms with van der Waals surface area (Å²) in [6, 6.07) is 9.68. The number of carbonyl (C=O) groups is 1. The van der Waals surface area contributed by atoms with Crippen molar-refractivity contribution >= 4 is 5.97 Å². The van der Waals surface area contributed by atoms with Crippen LogP contribution >= 0.6 is 0 Å². The summed E-state index contributed by atoms with van der Waals surface area (Å²) in [6.07, 6.45) is 0.198. The maximum atomic E-state index is 10.4. The number of hydrogen-bond donors (Lipinski definition) is 1. The summed E-state index contributed by atoms with van der Waals surface area (Å²) in [7, 11) is 0. The van der Waals surface area contributed by atoms with E-state index in [0.717, 1.165) is 5.56 Å². The van der Waals surface area contributed by atoms with Crippen LogP contribution in [0.1, 0.15) is 24.8 Å². The van der Waals surface area contributed by atoms with Crippen LogP contribution in [0.25, 0.3) is 0 Å². The fourth-order valence-corrected chi connectivity index (χ4v) is 1.16. The van der Waals surface area contributed by atoms with Gasteiger partial charge < -0.3 is 5.11 Å². The van der Waals surface area contributed by atoms with Crippen molar-refractivity contribution in [3.05, 3.63) is 35.9 Å². The average molecular weight is 165 g/mol. The van der Waals surface area contributed by atoms with E-state index in [1.807, 2.05) is 37.3 Å². The standard InChI is InChI=1S/C10H12O2/c1-8(7-10(11)12)9-5-3-2-4-6-9/h2-6,8H,7H2,1H3,(H,11,12)/t8-/m0/s1/i8+1. The highest BCUT2D eigenvalue weighted by Gasteiger charge is 2.08. The molecule has 1 atom stereocenters. The first-order chi connectivity index (χ1) is 5.70. The van der Waals surface area contributed by atoms with Crippen molar-refractivity contribution < 1.29 is 9.90 Å². The Bertz CT molecular complexity index is 254. The molecule has 1 aromatic rings. The van der Waals surface area contributed by atoms with Crippen LogP contribution in [0.2, 0.25) is 0 Å². The third-order valence-electron chi connectivity index (χ3n) is 1.85. The zero-order valence-corrected chi connectivity index (χ0v) is 7.03. The van der Waals surface area contributed by atoms with Crippen molar-refractivity contribution in [3.8, 4) is 0 Å². The number of carboxylic acids is 1. The largest absolute Gasteiger partial charge is 0.481 e. The molecule has 0 unspecified atom stereocenters.